The predicted molar refractivity (Wildman–Crippen MR) is 48.7 cm³/mol. The van der Waals surface area contributed by atoms with Crippen LogP contribution in [0.15, 0.2) is 12.2 Å². The monoisotopic (exact) mass is 217 g/mol. The van der Waals surface area contributed by atoms with E-state index in [4.69, 9.17) is 0 Å². The zero-order chi connectivity index (χ0) is 8.10. The summed E-state index contributed by atoms with van der Waals surface area (Å²) in [6, 6.07) is 0.366. The highest BCUT2D eigenvalue weighted by Gasteiger charge is 2.10. The van der Waals surface area contributed by atoms with Crippen LogP contribution in [-0.4, -0.2) is 17.3 Å². The molecule has 0 fully saturated rings. The number of carbonyl (C=O) groups excluding carboxylic acids is 1. The van der Waals surface area contributed by atoms with Gasteiger partial charge in [-0.25, -0.2) is 0 Å². The van der Waals surface area contributed by atoms with E-state index >= 15 is 0 Å². The molecule has 1 aliphatic carbocycles. The third-order valence-corrected chi connectivity index (χ3v) is 2.26. The van der Waals surface area contributed by atoms with Crippen LogP contribution in [0.4, 0.5) is 0 Å². The minimum absolute atomic E-state index is 0.0882. The number of hydrogen-bond acceptors (Lipinski definition) is 1. The Hall–Kier alpha value is -0.310. The summed E-state index contributed by atoms with van der Waals surface area (Å²) in [7, 11) is 0. The van der Waals surface area contributed by atoms with Crippen molar-refractivity contribution >= 4 is 21.8 Å². The highest BCUT2D eigenvalue weighted by atomic mass is 79.9. The van der Waals surface area contributed by atoms with Crippen LogP contribution in [0, 0.1) is 0 Å². The lowest BCUT2D eigenvalue weighted by atomic mass is 10.0. The van der Waals surface area contributed by atoms with Crippen LogP contribution in [0.5, 0.6) is 0 Å². The molecule has 2 nitrogen and oxygen atoms in total. The molecule has 0 radical (unpaired) electrons. The molecule has 1 unspecified atom stereocenters. The summed E-state index contributed by atoms with van der Waals surface area (Å²) >= 11 is 3.11. The van der Waals surface area contributed by atoms with Gasteiger partial charge in [-0.15, -0.1) is 0 Å². The molecule has 11 heavy (non-hydrogen) atoms. The van der Waals surface area contributed by atoms with Gasteiger partial charge in [-0.3, -0.25) is 4.79 Å². The SMILES string of the molecule is O=C(CBr)NC1CC=CCC1. The van der Waals surface area contributed by atoms with Crippen molar-refractivity contribution < 1.29 is 4.79 Å². The zero-order valence-electron chi connectivity index (χ0n) is 6.35. The fraction of sp³-hybridized carbons (Fsp3) is 0.625. The first-order valence-corrected chi connectivity index (χ1v) is 4.95. The molecule has 0 aromatic heterocycles. The number of allylic oxidation sites excluding steroid dienone is 1. The van der Waals surface area contributed by atoms with E-state index in [-0.39, 0.29) is 5.91 Å². The lowest BCUT2D eigenvalue weighted by Crippen LogP contribution is -2.35. The summed E-state index contributed by atoms with van der Waals surface area (Å²) in [6.07, 6.45) is 7.45. The minimum Gasteiger partial charge on any atom is -0.352 e. The molecule has 3 heteroatoms. The van der Waals surface area contributed by atoms with E-state index in [1.54, 1.807) is 0 Å². The summed E-state index contributed by atoms with van der Waals surface area (Å²) in [6.45, 7) is 0. The summed E-state index contributed by atoms with van der Waals surface area (Å²) in [5.41, 5.74) is 0. The van der Waals surface area contributed by atoms with Crippen LogP contribution < -0.4 is 5.32 Å². The quantitative estimate of drug-likeness (QED) is 0.553. The topological polar surface area (TPSA) is 29.1 Å². The molecular weight excluding hydrogens is 206 g/mol. The minimum atomic E-state index is 0.0882. The number of amides is 1. The molecule has 0 saturated carbocycles. The normalized spacial score (nSPS) is 23.2. The number of hydrogen-bond donors (Lipinski definition) is 1. The van der Waals surface area contributed by atoms with Gasteiger partial charge in [0.1, 0.15) is 0 Å². The number of nitrogens with one attached hydrogen (secondary N) is 1. The first-order valence-electron chi connectivity index (χ1n) is 3.83. The van der Waals surface area contributed by atoms with E-state index in [0.717, 1.165) is 19.3 Å². The van der Waals surface area contributed by atoms with Crippen LogP contribution in [0.2, 0.25) is 0 Å². The first kappa shape index (κ1) is 8.78. The highest BCUT2D eigenvalue weighted by molar-refractivity contribution is 9.09. The van der Waals surface area contributed by atoms with E-state index in [0.29, 0.717) is 11.4 Å². The average Bonchev–Trinajstić information content (AvgIpc) is 2.06. The second kappa shape index (κ2) is 4.54. The fourth-order valence-corrected chi connectivity index (χ4v) is 1.35. The van der Waals surface area contributed by atoms with Crippen LogP contribution in [0.25, 0.3) is 0 Å². The lowest BCUT2D eigenvalue weighted by molar-refractivity contribution is -0.119. The number of halogens is 1. The van der Waals surface area contributed by atoms with Gasteiger partial charge in [0.05, 0.1) is 5.33 Å². The Bertz CT molecular complexity index is 167. The largest absolute Gasteiger partial charge is 0.352 e. The second-order valence-corrected chi connectivity index (χ2v) is 3.24. The van der Waals surface area contributed by atoms with E-state index in [1.165, 1.54) is 0 Å². The summed E-state index contributed by atoms with van der Waals surface area (Å²) < 4.78 is 0. The maximum Gasteiger partial charge on any atom is 0.230 e. The first-order chi connectivity index (χ1) is 5.33. The van der Waals surface area contributed by atoms with Crippen molar-refractivity contribution in [3.05, 3.63) is 12.2 Å². The van der Waals surface area contributed by atoms with Gasteiger partial charge in [0.15, 0.2) is 0 Å². The molecule has 0 aromatic carbocycles. The van der Waals surface area contributed by atoms with Crippen LogP contribution in [0.1, 0.15) is 19.3 Å². The molecular formula is C8H12BrNO. The van der Waals surface area contributed by atoms with Gasteiger partial charge in [0.2, 0.25) is 5.91 Å². The molecule has 0 bridgehead atoms. The van der Waals surface area contributed by atoms with Crippen molar-refractivity contribution in [2.45, 2.75) is 25.3 Å². The molecule has 1 rings (SSSR count). The van der Waals surface area contributed by atoms with E-state index in [2.05, 4.69) is 33.4 Å². The van der Waals surface area contributed by atoms with E-state index < -0.39 is 0 Å². The summed E-state index contributed by atoms with van der Waals surface area (Å²) in [4.78, 5) is 10.9. The standard InChI is InChI=1S/C8H12BrNO/c9-6-8(11)10-7-4-2-1-3-5-7/h1-2,7H,3-6H2,(H,10,11). The molecule has 0 saturated heterocycles. The maximum absolute atomic E-state index is 10.9. The second-order valence-electron chi connectivity index (χ2n) is 2.68. The lowest BCUT2D eigenvalue weighted by Gasteiger charge is -2.18. The van der Waals surface area contributed by atoms with Gasteiger partial charge in [0, 0.05) is 6.04 Å². The molecule has 1 atom stereocenters. The smallest absolute Gasteiger partial charge is 0.230 e. The van der Waals surface area contributed by atoms with Gasteiger partial charge >= 0.3 is 0 Å². The molecule has 0 heterocycles. The van der Waals surface area contributed by atoms with Crippen molar-refractivity contribution in [1.29, 1.82) is 0 Å². The third-order valence-electron chi connectivity index (χ3n) is 1.76. The summed E-state index contributed by atoms with van der Waals surface area (Å²) in [5.74, 6) is 0.0882. The Morgan fingerprint density at radius 2 is 2.45 bits per heavy atom. The predicted octanol–water partition coefficient (Wildman–Crippen LogP) is 1.61. The van der Waals surface area contributed by atoms with Crippen LogP contribution in [-0.2, 0) is 4.79 Å². The maximum atomic E-state index is 10.9. The molecule has 0 aromatic rings. The molecule has 62 valence electrons. The zero-order valence-corrected chi connectivity index (χ0v) is 7.93. The Labute approximate surface area is 75.2 Å². The van der Waals surface area contributed by atoms with Gasteiger partial charge in [0.25, 0.3) is 0 Å². The van der Waals surface area contributed by atoms with E-state index in [1.807, 2.05) is 0 Å². The molecule has 1 aliphatic rings. The Morgan fingerprint density at radius 3 is 3.00 bits per heavy atom. The van der Waals surface area contributed by atoms with Gasteiger partial charge in [-0.05, 0) is 19.3 Å². The molecule has 0 spiro atoms. The Morgan fingerprint density at radius 1 is 1.64 bits per heavy atom. The molecule has 0 aliphatic heterocycles. The van der Waals surface area contributed by atoms with Crippen molar-refractivity contribution in [3.8, 4) is 0 Å². The fourth-order valence-electron chi connectivity index (χ4n) is 1.19. The van der Waals surface area contributed by atoms with Gasteiger partial charge in [-0.1, -0.05) is 28.1 Å². The summed E-state index contributed by atoms with van der Waals surface area (Å²) in [5, 5.41) is 3.34. The Balaban J connectivity index is 2.26. The number of rotatable bonds is 2. The number of carbonyl (C=O) groups is 1. The van der Waals surface area contributed by atoms with Crippen molar-refractivity contribution in [1.82, 2.24) is 5.32 Å². The van der Waals surface area contributed by atoms with Gasteiger partial charge < -0.3 is 5.32 Å². The van der Waals surface area contributed by atoms with Gasteiger partial charge in [-0.2, -0.15) is 0 Å². The van der Waals surface area contributed by atoms with Crippen LogP contribution >= 0.6 is 15.9 Å². The average molecular weight is 218 g/mol. The van der Waals surface area contributed by atoms with Crippen molar-refractivity contribution in [3.63, 3.8) is 0 Å². The van der Waals surface area contributed by atoms with Crippen molar-refractivity contribution in [2.24, 2.45) is 0 Å². The molecule has 1 amide bonds. The molecule has 1 N–H and O–H groups in total. The van der Waals surface area contributed by atoms with E-state index in [9.17, 15) is 4.79 Å². The van der Waals surface area contributed by atoms with Crippen molar-refractivity contribution in [2.75, 3.05) is 5.33 Å². The third kappa shape index (κ3) is 3.06. The van der Waals surface area contributed by atoms with Crippen LogP contribution in [0.3, 0.4) is 0 Å². The Kier molecular flexibility index (Phi) is 3.63. The number of alkyl halides is 1. The highest BCUT2D eigenvalue weighted by Crippen LogP contribution is 2.10.